The van der Waals surface area contributed by atoms with Crippen LogP contribution < -0.4 is 10.1 Å². The van der Waals surface area contributed by atoms with Crippen LogP contribution in [0, 0.1) is 0 Å². The number of fused-ring (bicyclic) bond motifs is 1. The maximum atomic E-state index is 13.5. The van der Waals surface area contributed by atoms with Crippen molar-refractivity contribution >= 4 is 11.5 Å². The molecule has 1 saturated heterocycles. The van der Waals surface area contributed by atoms with Crippen LogP contribution in [0.25, 0.3) is 5.57 Å². The van der Waals surface area contributed by atoms with E-state index in [9.17, 15) is 4.79 Å². The summed E-state index contributed by atoms with van der Waals surface area (Å²) in [7, 11) is 1.70. The summed E-state index contributed by atoms with van der Waals surface area (Å²) in [6.07, 6.45) is 12.0. The van der Waals surface area contributed by atoms with E-state index in [0.717, 1.165) is 52.5 Å². The van der Waals surface area contributed by atoms with Crippen LogP contribution in [0.1, 0.15) is 51.7 Å². The quantitative estimate of drug-likeness (QED) is 0.711. The fourth-order valence-corrected chi connectivity index (χ4v) is 4.87. The van der Waals surface area contributed by atoms with E-state index in [1.807, 2.05) is 36.6 Å². The Morgan fingerprint density at radius 1 is 1.12 bits per heavy atom. The average Bonchev–Trinajstić information content (AvgIpc) is 2.76. The van der Waals surface area contributed by atoms with Crippen molar-refractivity contribution in [3.8, 4) is 5.75 Å². The van der Waals surface area contributed by atoms with Gasteiger partial charge in [0.2, 0.25) is 0 Å². The fraction of sp³-hybridized carbons (Fsp3) is 0.393. The van der Waals surface area contributed by atoms with Gasteiger partial charge in [0.15, 0.2) is 0 Å². The predicted octanol–water partition coefficient (Wildman–Crippen LogP) is 4.97. The second-order valence-corrected chi connectivity index (χ2v) is 9.59. The van der Waals surface area contributed by atoms with Crippen molar-refractivity contribution < 1.29 is 9.53 Å². The highest BCUT2D eigenvalue weighted by molar-refractivity contribution is 6.00. The largest absolute Gasteiger partial charge is 0.496 e. The minimum absolute atomic E-state index is 0.0382. The van der Waals surface area contributed by atoms with E-state index in [-0.39, 0.29) is 5.91 Å². The van der Waals surface area contributed by atoms with E-state index in [2.05, 4.69) is 57.0 Å². The molecule has 174 valence electrons. The molecule has 0 saturated carbocycles. The molecule has 1 fully saturated rings. The highest BCUT2D eigenvalue weighted by atomic mass is 16.5. The van der Waals surface area contributed by atoms with Crippen LogP contribution in [0.3, 0.4) is 0 Å². The molecule has 1 aromatic carbocycles. The summed E-state index contributed by atoms with van der Waals surface area (Å²) in [6.45, 7) is 12.6. The number of rotatable bonds is 4. The number of carbonyl (C=O) groups excluding carboxylic acids is 1. The molecule has 0 bridgehead atoms. The van der Waals surface area contributed by atoms with Gasteiger partial charge in [-0.05, 0) is 73.2 Å². The van der Waals surface area contributed by atoms with Gasteiger partial charge in [-0.3, -0.25) is 9.69 Å². The average molecular weight is 446 g/mol. The van der Waals surface area contributed by atoms with Crippen molar-refractivity contribution in [3.63, 3.8) is 0 Å². The summed E-state index contributed by atoms with van der Waals surface area (Å²) in [5.74, 6) is 1.16. The van der Waals surface area contributed by atoms with Gasteiger partial charge in [0.05, 0.1) is 18.5 Å². The van der Waals surface area contributed by atoms with Crippen molar-refractivity contribution in [2.75, 3.05) is 20.2 Å². The van der Waals surface area contributed by atoms with Crippen LogP contribution >= 0.6 is 0 Å². The number of benzene rings is 1. The van der Waals surface area contributed by atoms with Crippen LogP contribution in [0.5, 0.6) is 5.75 Å². The van der Waals surface area contributed by atoms with E-state index in [1.165, 1.54) is 0 Å². The molecule has 5 nitrogen and oxygen atoms in total. The summed E-state index contributed by atoms with van der Waals surface area (Å²) in [6, 6.07) is 6.95. The van der Waals surface area contributed by atoms with Crippen LogP contribution in [-0.4, -0.2) is 48.0 Å². The number of piperazine rings is 1. The van der Waals surface area contributed by atoms with Gasteiger partial charge in [0.25, 0.3) is 5.91 Å². The smallest absolute Gasteiger partial charge is 0.255 e. The minimum Gasteiger partial charge on any atom is -0.496 e. The number of nitrogens with one attached hydrogen (secondary N) is 1. The molecule has 4 rings (SSSR count). The topological polar surface area (TPSA) is 44.8 Å². The van der Waals surface area contributed by atoms with Gasteiger partial charge >= 0.3 is 0 Å². The lowest BCUT2D eigenvalue weighted by atomic mass is 9.95. The summed E-state index contributed by atoms with van der Waals surface area (Å²) < 4.78 is 5.54. The first-order valence-corrected chi connectivity index (χ1v) is 11.8. The molecule has 33 heavy (non-hydrogen) atoms. The molecule has 0 radical (unpaired) electrons. The van der Waals surface area contributed by atoms with Crippen molar-refractivity contribution in [2.45, 2.75) is 52.6 Å². The van der Waals surface area contributed by atoms with Crippen molar-refractivity contribution in [3.05, 3.63) is 82.9 Å². The standard InChI is InChI=1S/C28H35N3O2/c1-18(2)25-13-23(10-11-27(25)33-6)22-8-7-9-26-19(3)12-24(17-31(26)28(32)14-22)30-15-20(4)29-21(5)16-30/h7-14,17-18,20-21,29H,15-16H2,1-6H3/b8-7?,22-14?,26-9+/t20-,21+. The van der Waals surface area contributed by atoms with Crippen LogP contribution in [0.4, 0.5) is 0 Å². The first kappa shape index (κ1) is 23.1. The molecule has 1 amide bonds. The second kappa shape index (κ2) is 9.44. The molecule has 3 aliphatic heterocycles. The zero-order chi connectivity index (χ0) is 23.7. The molecule has 0 spiro atoms. The van der Waals surface area contributed by atoms with Gasteiger partial charge in [0, 0.05) is 37.4 Å². The molecule has 0 aromatic heterocycles. The van der Waals surface area contributed by atoms with Crippen molar-refractivity contribution in [2.24, 2.45) is 0 Å². The number of ether oxygens (including phenoxy) is 1. The third-order valence-corrected chi connectivity index (χ3v) is 6.44. The summed E-state index contributed by atoms with van der Waals surface area (Å²) >= 11 is 0. The molecule has 3 heterocycles. The van der Waals surface area contributed by atoms with E-state index in [1.54, 1.807) is 18.1 Å². The first-order chi connectivity index (χ1) is 15.8. The molecular weight excluding hydrogens is 410 g/mol. The Morgan fingerprint density at radius 2 is 1.85 bits per heavy atom. The molecule has 3 aliphatic rings. The SMILES string of the molecule is COc1ccc(C2=CC(=O)N3C=C(N4C[C@@H](C)N[C@@H](C)C4)C=C(C)/C3=C\C=C2)cc1C(C)C. The van der Waals surface area contributed by atoms with Crippen molar-refractivity contribution in [1.29, 1.82) is 0 Å². The lowest BCUT2D eigenvalue weighted by molar-refractivity contribution is -0.122. The van der Waals surface area contributed by atoms with Gasteiger partial charge < -0.3 is 15.0 Å². The van der Waals surface area contributed by atoms with Gasteiger partial charge in [-0.15, -0.1) is 0 Å². The van der Waals surface area contributed by atoms with E-state index < -0.39 is 0 Å². The lowest BCUT2D eigenvalue weighted by Crippen LogP contribution is -2.53. The predicted molar refractivity (Wildman–Crippen MR) is 135 cm³/mol. The Kier molecular flexibility index (Phi) is 6.61. The summed E-state index contributed by atoms with van der Waals surface area (Å²) in [5.41, 5.74) is 6.14. The Bertz CT molecular complexity index is 1080. The molecule has 0 unspecified atom stereocenters. The number of nitrogens with zero attached hydrogens (tertiary/aromatic N) is 2. The van der Waals surface area contributed by atoms with E-state index >= 15 is 0 Å². The normalized spacial score (nSPS) is 24.9. The molecule has 1 N–H and O–H groups in total. The van der Waals surface area contributed by atoms with Gasteiger partial charge in [-0.1, -0.05) is 32.1 Å². The monoisotopic (exact) mass is 445 g/mol. The minimum atomic E-state index is -0.0382. The summed E-state index contributed by atoms with van der Waals surface area (Å²) in [5, 5.41) is 3.58. The van der Waals surface area contributed by atoms with Gasteiger partial charge in [0.1, 0.15) is 5.75 Å². The highest BCUT2D eigenvalue weighted by Crippen LogP contribution is 2.32. The Morgan fingerprint density at radius 3 is 2.52 bits per heavy atom. The molecule has 2 atom stereocenters. The van der Waals surface area contributed by atoms with Gasteiger partial charge in [-0.25, -0.2) is 0 Å². The molecule has 1 aromatic rings. The third-order valence-electron chi connectivity index (χ3n) is 6.44. The number of amides is 1. The summed E-state index contributed by atoms with van der Waals surface area (Å²) in [4.78, 5) is 17.6. The van der Waals surface area contributed by atoms with E-state index in [0.29, 0.717) is 18.0 Å². The molecule has 0 aliphatic carbocycles. The highest BCUT2D eigenvalue weighted by Gasteiger charge is 2.27. The number of hydrogen-bond acceptors (Lipinski definition) is 4. The zero-order valence-electron chi connectivity index (χ0n) is 20.6. The second-order valence-electron chi connectivity index (χ2n) is 9.59. The van der Waals surface area contributed by atoms with Crippen LogP contribution in [0.2, 0.25) is 0 Å². The van der Waals surface area contributed by atoms with Crippen molar-refractivity contribution in [1.82, 2.24) is 15.1 Å². The maximum absolute atomic E-state index is 13.5. The number of hydrogen-bond donors (Lipinski definition) is 1. The number of allylic oxidation sites excluding steroid dienone is 6. The molecule has 5 heteroatoms. The van der Waals surface area contributed by atoms with Gasteiger partial charge in [-0.2, -0.15) is 0 Å². The molecular formula is C28H35N3O2. The number of carbonyl (C=O) groups is 1. The lowest BCUT2D eigenvalue weighted by Gasteiger charge is -2.40. The van der Waals surface area contributed by atoms with Crippen LogP contribution in [0.15, 0.2) is 71.7 Å². The Labute approximate surface area is 197 Å². The number of methoxy groups -OCH3 is 1. The van der Waals surface area contributed by atoms with E-state index in [4.69, 9.17) is 4.74 Å². The fourth-order valence-electron chi connectivity index (χ4n) is 4.87. The zero-order valence-corrected chi connectivity index (χ0v) is 20.6. The van der Waals surface area contributed by atoms with Crippen LogP contribution in [-0.2, 0) is 4.79 Å². The third kappa shape index (κ3) is 4.83. The Hall–Kier alpha value is -3.05. The maximum Gasteiger partial charge on any atom is 0.255 e. The Balaban J connectivity index is 1.69. The first-order valence-electron chi connectivity index (χ1n) is 11.8.